The summed E-state index contributed by atoms with van der Waals surface area (Å²) in [4.78, 5) is 23.8. The molecule has 1 amide bonds. The van der Waals surface area contributed by atoms with Crippen molar-refractivity contribution in [3.8, 4) is 5.75 Å². The lowest BCUT2D eigenvalue weighted by atomic mass is 10.1. The molecule has 7 nitrogen and oxygen atoms in total. The molecule has 0 heterocycles. The predicted molar refractivity (Wildman–Crippen MR) is 84.5 cm³/mol. The van der Waals surface area contributed by atoms with Crippen LogP contribution >= 0.6 is 11.8 Å². The number of nitrogens with two attached hydrogens (primary N) is 1. The lowest BCUT2D eigenvalue weighted by Gasteiger charge is -2.16. The standard InChI is InChI=1S/C14H19N3O4S/c1-21-12-6-11(17(19)20)9(5-13(12)22-2)14(18)16-10(7-15)8-3-4-8/h5-6,8,10H,3-4,7,15H2,1-2H3,(H,16,18). The maximum Gasteiger partial charge on any atom is 0.285 e. The largest absolute Gasteiger partial charge is 0.495 e. The molecule has 1 unspecified atom stereocenters. The number of nitrogens with one attached hydrogen (secondary N) is 1. The minimum absolute atomic E-state index is 0.0363. The van der Waals surface area contributed by atoms with Gasteiger partial charge in [0.25, 0.3) is 11.6 Å². The molecule has 3 N–H and O–H groups in total. The van der Waals surface area contributed by atoms with Gasteiger partial charge in [-0.25, -0.2) is 0 Å². The van der Waals surface area contributed by atoms with Gasteiger partial charge in [-0.1, -0.05) is 0 Å². The van der Waals surface area contributed by atoms with Gasteiger partial charge >= 0.3 is 0 Å². The average Bonchev–Trinajstić information content (AvgIpc) is 3.35. The second kappa shape index (κ2) is 6.97. The summed E-state index contributed by atoms with van der Waals surface area (Å²) in [6.07, 6.45) is 3.88. The van der Waals surface area contributed by atoms with Gasteiger partial charge in [0.1, 0.15) is 11.3 Å². The van der Waals surface area contributed by atoms with Gasteiger partial charge in [-0.15, -0.1) is 11.8 Å². The molecule has 0 radical (unpaired) electrons. The smallest absolute Gasteiger partial charge is 0.285 e. The topological polar surface area (TPSA) is 107 Å². The van der Waals surface area contributed by atoms with Crippen LogP contribution in [0.3, 0.4) is 0 Å². The van der Waals surface area contributed by atoms with Crippen molar-refractivity contribution in [2.24, 2.45) is 11.7 Å². The molecule has 22 heavy (non-hydrogen) atoms. The summed E-state index contributed by atoms with van der Waals surface area (Å²) >= 11 is 1.36. The van der Waals surface area contributed by atoms with E-state index in [0.717, 1.165) is 12.8 Å². The highest BCUT2D eigenvalue weighted by molar-refractivity contribution is 7.98. The zero-order chi connectivity index (χ0) is 16.3. The summed E-state index contributed by atoms with van der Waals surface area (Å²) < 4.78 is 5.14. The number of carbonyl (C=O) groups excluding carboxylic acids is 1. The van der Waals surface area contributed by atoms with E-state index >= 15 is 0 Å². The van der Waals surface area contributed by atoms with Gasteiger partial charge in [0.15, 0.2) is 0 Å². The van der Waals surface area contributed by atoms with Crippen molar-refractivity contribution in [1.82, 2.24) is 5.32 Å². The van der Waals surface area contributed by atoms with Gasteiger partial charge in [0.2, 0.25) is 0 Å². The third-order valence-corrected chi connectivity index (χ3v) is 4.46. The van der Waals surface area contributed by atoms with Crippen LogP contribution in [0.25, 0.3) is 0 Å². The summed E-state index contributed by atoms with van der Waals surface area (Å²) in [5, 5.41) is 14.0. The molecular weight excluding hydrogens is 306 g/mol. The van der Waals surface area contributed by atoms with Gasteiger partial charge in [0.05, 0.1) is 23.0 Å². The van der Waals surface area contributed by atoms with Crippen LogP contribution in [0.2, 0.25) is 0 Å². The first-order valence-corrected chi connectivity index (χ1v) is 8.15. The highest BCUT2D eigenvalue weighted by Crippen LogP contribution is 2.35. The number of hydrogen-bond donors (Lipinski definition) is 2. The van der Waals surface area contributed by atoms with Gasteiger partial charge in [0, 0.05) is 12.6 Å². The molecular formula is C14H19N3O4S. The zero-order valence-electron chi connectivity index (χ0n) is 12.5. The number of nitro benzene ring substituents is 1. The van der Waals surface area contributed by atoms with Crippen LogP contribution in [0.5, 0.6) is 5.75 Å². The number of thioether (sulfide) groups is 1. The molecule has 1 aliphatic carbocycles. The molecule has 1 aromatic rings. The van der Waals surface area contributed by atoms with Crippen molar-refractivity contribution in [3.63, 3.8) is 0 Å². The molecule has 120 valence electrons. The van der Waals surface area contributed by atoms with Crippen LogP contribution in [-0.2, 0) is 0 Å². The summed E-state index contributed by atoms with van der Waals surface area (Å²) in [6, 6.07) is 2.65. The Morgan fingerprint density at radius 2 is 2.27 bits per heavy atom. The molecule has 2 rings (SSSR count). The molecule has 0 saturated heterocycles. The first-order chi connectivity index (χ1) is 10.5. The van der Waals surface area contributed by atoms with E-state index < -0.39 is 10.8 Å². The van der Waals surface area contributed by atoms with Crippen molar-refractivity contribution in [3.05, 3.63) is 27.8 Å². The lowest BCUT2D eigenvalue weighted by molar-refractivity contribution is -0.385. The molecule has 1 saturated carbocycles. The lowest BCUT2D eigenvalue weighted by Crippen LogP contribution is -2.41. The fraction of sp³-hybridized carbons (Fsp3) is 0.500. The summed E-state index contributed by atoms with van der Waals surface area (Å²) in [5.74, 6) is 0.298. The SMILES string of the molecule is COc1cc([N+](=O)[O-])c(C(=O)NC(CN)C2CC2)cc1SC. The first kappa shape index (κ1) is 16.6. The molecule has 0 aromatic heterocycles. The fourth-order valence-corrected chi connectivity index (χ4v) is 2.89. The van der Waals surface area contributed by atoms with Crippen molar-refractivity contribution in [2.75, 3.05) is 19.9 Å². The summed E-state index contributed by atoms with van der Waals surface area (Å²) in [5.41, 5.74) is 5.44. The molecule has 1 atom stereocenters. The Morgan fingerprint density at radius 3 is 2.73 bits per heavy atom. The first-order valence-electron chi connectivity index (χ1n) is 6.93. The minimum atomic E-state index is -0.573. The number of hydrogen-bond acceptors (Lipinski definition) is 6. The van der Waals surface area contributed by atoms with Crippen LogP contribution < -0.4 is 15.8 Å². The Morgan fingerprint density at radius 1 is 1.59 bits per heavy atom. The van der Waals surface area contributed by atoms with E-state index in [9.17, 15) is 14.9 Å². The number of nitrogens with zero attached hydrogens (tertiary/aromatic N) is 1. The number of benzene rings is 1. The Labute approximate surface area is 132 Å². The molecule has 1 aromatic carbocycles. The monoisotopic (exact) mass is 325 g/mol. The number of nitro groups is 1. The predicted octanol–water partition coefficient (Wildman–Crippen LogP) is 1.79. The van der Waals surface area contributed by atoms with E-state index in [1.165, 1.54) is 31.0 Å². The van der Waals surface area contributed by atoms with Crippen LogP contribution in [0.15, 0.2) is 17.0 Å². The second-order valence-electron chi connectivity index (χ2n) is 5.13. The molecule has 0 aliphatic heterocycles. The van der Waals surface area contributed by atoms with Gasteiger partial charge in [-0.3, -0.25) is 14.9 Å². The normalized spacial score (nSPS) is 15.2. The number of carbonyl (C=O) groups is 1. The molecule has 0 bridgehead atoms. The van der Waals surface area contributed by atoms with Gasteiger partial charge in [-0.2, -0.15) is 0 Å². The van der Waals surface area contributed by atoms with Crippen LogP contribution in [0, 0.1) is 16.0 Å². The maximum absolute atomic E-state index is 12.4. The van der Waals surface area contributed by atoms with Gasteiger partial charge < -0.3 is 15.8 Å². The Kier molecular flexibility index (Phi) is 5.25. The second-order valence-corrected chi connectivity index (χ2v) is 5.98. The summed E-state index contributed by atoms with van der Waals surface area (Å²) in [7, 11) is 1.44. The van der Waals surface area contributed by atoms with E-state index in [2.05, 4.69) is 5.32 Å². The van der Waals surface area contributed by atoms with E-state index in [0.29, 0.717) is 23.1 Å². The molecule has 8 heteroatoms. The van der Waals surface area contributed by atoms with Crippen LogP contribution in [0.4, 0.5) is 5.69 Å². The Bertz CT molecular complexity index is 590. The Hall–Kier alpha value is -1.80. The van der Waals surface area contributed by atoms with E-state index in [1.54, 1.807) is 0 Å². The molecule has 0 spiro atoms. The molecule has 1 aliphatic rings. The van der Waals surface area contributed by atoms with Gasteiger partial charge in [-0.05, 0) is 31.1 Å². The fourth-order valence-electron chi connectivity index (χ4n) is 2.32. The van der Waals surface area contributed by atoms with Crippen molar-refractivity contribution >= 4 is 23.4 Å². The quantitative estimate of drug-likeness (QED) is 0.449. The van der Waals surface area contributed by atoms with Crippen molar-refractivity contribution < 1.29 is 14.5 Å². The van der Waals surface area contributed by atoms with E-state index in [4.69, 9.17) is 10.5 Å². The minimum Gasteiger partial charge on any atom is -0.495 e. The van der Waals surface area contributed by atoms with E-state index in [-0.39, 0.29) is 17.3 Å². The third kappa shape index (κ3) is 3.50. The van der Waals surface area contributed by atoms with Crippen molar-refractivity contribution in [1.29, 1.82) is 0 Å². The van der Waals surface area contributed by atoms with Crippen molar-refractivity contribution in [2.45, 2.75) is 23.8 Å². The third-order valence-electron chi connectivity index (χ3n) is 3.70. The van der Waals surface area contributed by atoms with Crippen LogP contribution in [-0.4, -0.2) is 36.8 Å². The zero-order valence-corrected chi connectivity index (χ0v) is 13.3. The number of rotatable bonds is 7. The molecule has 1 fully saturated rings. The highest BCUT2D eigenvalue weighted by Gasteiger charge is 2.33. The average molecular weight is 325 g/mol. The van der Waals surface area contributed by atoms with E-state index in [1.807, 2.05) is 6.26 Å². The highest BCUT2D eigenvalue weighted by atomic mass is 32.2. The maximum atomic E-state index is 12.4. The number of amides is 1. The Balaban J connectivity index is 2.34. The summed E-state index contributed by atoms with van der Waals surface area (Å²) in [6.45, 7) is 0.329. The number of methoxy groups -OCH3 is 1. The van der Waals surface area contributed by atoms with Crippen LogP contribution in [0.1, 0.15) is 23.2 Å². The number of ether oxygens (including phenoxy) is 1.